The Balaban J connectivity index is 1.69. The third-order valence-corrected chi connectivity index (χ3v) is 7.70. The van der Waals surface area contributed by atoms with E-state index in [2.05, 4.69) is 25.8 Å². The molecular weight excluding hydrogens is 268 g/mol. The molecule has 22 heavy (non-hydrogen) atoms. The topological polar surface area (TPSA) is 17.1 Å². The molecule has 0 aromatic heterocycles. The second-order valence-electron chi connectivity index (χ2n) is 8.42. The first kappa shape index (κ1) is 14.3. The summed E-state index contributed by atoms with van der Waals surface area (Å²) in [5.41, 5.74) is 3.24. The summed E-state index contributed by atoms with van der Waals surface area (Å²) in [5, 5.41) is 0. The molecule has 2 fully saturated rings. The van der Waals surface area contributed by atoms with Crippen LogP contribution in [0, 0.1) is 40.9 Å². The SMILES string of the molecule is C#CC1=CC[C@@H]2C3CCC4=CC(=O)CC[C@]4(C)[C@@H]3CCC12C. The maximum atomic E-state index is 11.8. The van der Waals surface area contributed by atoms with Crippen molar-refractivity contribution in [2.24, 2.45) is 28.6 Å². The summed E-state index contributed by atoms with van der Waals surface area (Å²) >= 11 is 0. The summed E-state index contributed by atoms with van der Waals surface area (Å²) < 4.78 is 0. The van der Waals surface area contributed by atoms with E-state index in [9.17, 15) is 4.79 Å². The highest BCUT2D eigenvalue weighted by Crippen LogP contribution is 2.65. The van der Waals surface area contributed by atoms with Crippen molar-refractivity contribution < 1.29 is 4.79 Å². The Labute approximate surface area is 134 Å². The van der Waals surface area contributed by atoms with Crippen LogP contribution >= 0.6 is 0 Å². The van der Waals surface area contributed by atoms with Crippen molar-refractivity contribution >= 4 is 5.78 Å². The zero-order valence-electron chi connectivity index (χ0n) is 13.8. The molecule has 0 aromatic carbocycles. The van der Waals surface area contributed by atoms with Crippen LogP contribution in [0.5, 0.6) is 0 Å². The van der Waals surface area contributed by atoms with Gasteiger partial charge in [0, 0.05) is 17.4 Å². The van der Waals surface area contributed by atoms with Gasteiger partial charge in [0.05, 0.1) is 0 Å². The lowest BCUT2D eigenvalue weighted by Crippen LogP contribution is -2.50. The second kappa shape index (κ2) is 4.60. The number of hydrogen-bond acceptors (Lipinski definition) is 1. The van der Waals surface area contributed by atoms with Crippen LogP contribution in [0.4, 0.5) is 0 Å². The molecule has 0 saturated heterocycles. The minimum atomic E-state index is 0.248. The number of terminal acetylenes is 1. The molecule has 1 heteroatoms. The van der Waals surface area contributed by atoms with Gasteiger partial charge in [-0.05, 0) is 67.8 Å². The van der Waals surface area contributed by atoms with E-state index in [0.717, 1.165) is 37.0 Å². The molecule has 1 nitrogen and oxygen atoms in total. The molecular formula is C21H26O. The van der Waals surface area contributed by atoms with Crippen LogP contribution in [-0.2, 0) is 4.79 Å². The zero-order valence-corrected chi connectivity index (χ0v) is 13.8. The smallest absolute Gasteiger partial charge is 0.155 e. The van der Waals surface area contributed by atoms with Crippen LogP contribution in [0.25, 0.3) is 0 Å². The number of rotatable bonds is 0. The first-order valence-electron chi connectivity index (χ1n) is 8.90. The fourth-order valence-electron chi connectivity index (χ4n) is 6.35. The van der Waals surface area contributed by atoms with E-state index < -0.39 is 0 Å². The Morgan fingerprint density at radius 3 is 2.73 bits per heavy atom. The summed E-state index contributed by atoms with van der Waals surface area (Å²) in [7, 11) is 0. The van der Waals surface area contributed by atoms with E-state index in [1.807, 2.05) is 6.08 Å². The Kier molecular flexibility index (Phi) is 3.00. The van der Waals surface area contributed by atoms with E-state index in [-0.39, 0.29) is 10.8 Å². The average Bonchev–Trinajstić information content (AvgIpc) is 2.84. The van der Waals surface area contributed by atoms with Gasteiger partial charge in [-0.15, -0.1) is 6.42 Å². The van der Waals surface area contributed by atoms with Crippen molar-refractivity contribution in [3.8, 4) is 12.3 Å². The Morgan fingerprint density at radius 1 is 1.14 bits per heavy atom. The molecule has 4 rings (SSSR count). The molecule has 0 spiro atoms. The number of hydrogen-bond donors (Lipinski definition) is 0. The molecule has 0 N–H and O–H groups in total. The molecule has 0 amide bonds. The van der Waals surface area contributed by atoms with Gasteiger partial charge in [0.15, 0.2) is 5.78 Å². The van der Waals surface area contributed by atoms with E-state index >= 15 is 0 Å². The first-order chi connectivity index (χ1) is 10.5. The standard InChI is InChI=1S/C21H26O/c1-4-14-6-8-18-17-7-5-15-13-16(22)9-11-21(15,3)19(17)10-12-20(14,18)2/h1,6,13,17-19H,5,7-12H2,2-3H3/t17?,18-,19-,20?,21+/m1/s1. The van der Waals surface area contributed by atoms with Crippen LogP contribution in [0.15, 0.2) is 23.3 Å². The Bertz CT molecular complexity index is 631. The van der Waals surface area contributed by atoms with Gasteiger partial charge in [0.25, 0.3) is 0 Å². The second-order valence-corrected chi connectivity index (χ2v) is 8.42. The highest BCUT2D eigenvalue weighted by Gasteiger charge is 2.56. The summed E-state index contributed by atoms with van der Waals surface area (Å²) in [5.74, 6) is 5.60. The number of allylic oxidation sites excluding steroid dienone is 4. The highest BCUT2D eigenvalue weighted by molar-refractivity contribution is 5.91. The molecule has 4 aliphatic carbocycles. The van der Waals surface area contributed by atoms with Crippen LogP contribution in [0.1, 0.15) is 58.8 Å². The minimum absolute atomic E-state index is 0.248. The van der Waals surface area contributed by atoms with Crippen LogP contribution in [0.3, 0.4) is 0 Å². The molecule has 0 heterocycles. The van der Waals surface area contributed by atoms with Crippen molar-refractivity contribution in [1.82, 2.24) is 0 Å². The molecule has 0 aromatic rings. The summed E-state index contributed by atoms with van der Waals surface area (Å²) in [6.45, 7) is 4.85. The zero-order chi connectivity index (χ0) is 15.5. The van der Waals surface area contributed by atoms with E-state index in [1.165, 1.54) is 36.8 Å². The van der Waals surface area contributed by atoms with Crippen molar-refractivity contribution in [2.45, 2.75) is 58.8 Å². The predicted octanol–water partition coefficient (Wildman–Crippen LogP) is 4.69. The van der Waals surface area contributed by atoms with Gasteiger partial charge in [-0.1, -0.05) is 31.4 Å². The van der Waals surface area contributed by atoms with Gasteiger partial charge in [-0.2, -0.15) is 0 Å². The van der Waals surface area contributed by atoms with Crippen molar-refractivity contribution in [3.05, 3.63) is 23.3 Å². The lowest BCUT2D eigenvalue weighted by atomic mass is 9.47. The molecule has 4 aliphatic rings. The van der Waals surface area contributed by atoms with E-state index in [0.29, 0.717) is 5.78 Å². The minimum Gasteiger partial charge on any atom is -0.295 e. The largest absolute Gasteiger partial charge is 0.295 e. The third kappa shape index (κ3) is 1.70. The fourth-order valence-corrected chi connectivity index (χ4v) is 6.35. The lowest BCUT2D eigenvalue weighted by molar-refractivity contribution is -0.117. The third-order valence-electron chi connectivity index (χ3n) is 7.70. The van der Waals surface area contributed by atoms with Gasteiger partial charge in [0.2, 0.25) is 0 Å². The van der Waals surface area contributed by atoms with Gasteiger partial charge < -0.3 is 0 Å². The van der Waals surface area contributed by atoms with Gasteiger partial charge >= 0.3 is 0 Å². The Morgan fingerprint density at radius 2 is 1.95 bits per heavy atom. The van der Waals surface area contributed by atoms with Crippen molar-refractivity contribution in [3.63, 3.8) is 0 Å². The monoisotopic (exact) mass is 294 g/mol. The fraction of sp³-hybridized carbons (Fsp3) is 0.667. The number of ketones is 1. The van der Waals surface area contributed by atoms with Gasteiger partial charge in [-0.3, -0.25) is 4.79 Å². The van der Waals surface area contributed by atoms with E-state index in [1.54, 1.807) is 0 Å². The summed E-state index contributed by atoms with van der Waals surface area (Å²) in [4.78, 5) is 11.8. The molecule has 0 bridgehead atoms. The molecule has 116 valence electrons. The molecule has 2 unspecified atom stereocenters. The molecule has 0 radical (unpaired) electrons. The molecule has 2 saturated carbocycles. The van der Waals surface area contributed by atoms with Crippen molar-refractivity contribution in [1.29, 1.82) is 0 Å². The quantitative estimate of drug-likeness (QED) is 0.592. The number of carbonyl (C=O) groups excluding carboxylic acids is 1. The highest BCUT2D eigenvalue weighted by atomic mass is 16.1. The van der Waals surface area contributed by atoms with Gasteiger partial charge in [0.1, 0.15) is 0 Å². The molecule has 5 atom stereocenters. The van der Waals surface area contributed by atoms with Crippen molar-refractivity contribution in [2.75, 3.05) is 0 Å². The van der Waals surface area contributed by atoms with Crippen LogP contribution < -0.4 is 0 Å². The summed E-state index contributed by atoms with van der Waals surface area (Å²) in [6.07, 6.45) is 18.0. The molecule has 0 aliphatic heterocycles. The normalized spacial score (nSPS) is 46.8. The predicted molar refractivity (Wildman–Crippen MR) is 89.0 cm³/mol. The van der Waals surface area contributed by atoms with Crippen LogP contribution in [-0.4, -0.2) is 5.78 Å². The maximum absolute atomic E-state index is 11.8. The van der Waals surface area contributed by atoms with Gasteiger partial charge in [-0.25, -0.2) is 0 Å². The van der Waals surface area contributed by atoms with E-state index in [4.69, 9.17) is 6.42 Å². The number of carbonyl (C=O) groups is 1. The average molecular weight is 294 g/mol. The lowest BCUT2D eigenvalue weighted by Gasteiger charge is -2.57. The summed E-state index contributed by atoms with van der Waals surface area (Å²) in [6, 6.07) is 0. The maximum Gasteiger partial charge on any atom is 0.155 e. The Hall–Kier alpha value is -1.29. The van der Waals surface area contributed by atoms with Crippen LogP contribution in [0.2, 0.25) is 0 Å². The first-order valence-corrected chi connectivity index (χ1v) is 8.90. The number of fused-ring (bicyclic) bond motifs is 5.